The highest BCUT2D eigenvalue weighted by Gasteiger charge is 2.32. The molecule has 0 aromatic carbocycles. The number of hydrogen-bond acceptors (Lipinski definition) is 3. The van der Waals surface area contributed by atoms with E-state index in [2.05, 4.69) is 4.98 Å². The van der Waals surface area contributed by atoms with Crippen LogP contribution >= 0.6 is 0 Å². The predicted molar refractivity (Wildman–Crippen MR) is 48.8 cm³/mol. The number of hydrogen-bond donors (Lipinski definition) is 0. The molecule has 1 aromatic rings. The molecule has 1 fully saturated rings. The third-order valence-electron chi connectivity index (χ3n) is 2.26. The first kappa shape index (κ1) is 11.3. The Kier molecular flexibility index (Phi) is 3.11. The highest BCUT2D eigenvalue weighted by Crippen LogP contribution is 2.28. The zero-order chi connectivity index (χ0) is 11.6. The van der Waals surface area contributed by atoms with Gasteiger partial charge in [0.2, 0.25) is 0 Å². The summed E-state index contributed by atoms with van der Waals surface area (Å²) in [4.78, 5) is 3.36. The van der Waals surface area contributed by atoms with Crippen LogP contribution in [0.5, 0.6) is 0 Å². The zero-order valence-corrected chi connectivity index (χ0v) is 8.33. The second-order valence-corrected chi connectivity index (χ2v) is 3.41. The van der Waals surface area contributed by atoms with Crippen LogP contribution in [0.15, 0.2) is 18.3 Å². The summed E-state index contributed by atoms with van der Waals surface area (Å²) in [6.07, 6.45) is -3.53. The number of pyridine rings is 1. The van der Waals surface area contributed by atoms with Gasteiger partial charge in [0.1, 0.15) is 11.8 Å². The molecule has 3 nitrogen and oxygen atoms in total. The quantitative estimate of drug-likeness (QED) is 0.745. The molecule has 16 heavy (non-hydrogen) atoms. The Hall–Kier alpha value is -1.14. The van der Waals surface area contributed by atoms with E-state index < -0.39 is 11.9 Å². The van der Waals surface area contributed by atoms with Gasteiger partial charge in [0.25, 0.3) is 0 Å². The number of aromatic nitrogens is 1. The summed E-state index contributed by atoms with van der Waals surface area (Å²) in [6.45, 7) is 1.32. The lowest BCUT2D eigenvalue weighted by Gasteiger charge is -2.23. The van der Waals surface area contributed by atoms with Crippen molar-refractivity contribution in [2.75, 3.05) is 19.8 Å². The van der Waals surface area contributed by atoms with E-state index in [1.54, 1.807) is 0 Å². The molecule has 1 atom stereocenters. The van der Waals surface area contributed by atoms with Gasteiger partial charge >= 0.3 is 6.18 Å². The lowest BCUT2D eigenvalue weighted by atomic mass is 10.1. The number of rotatable bonds is 1. The molecule has 0 amide bonds. The van der Waals surface area contributed by atoms with Gasteiger partial charge in [-0.1, -0.05) is 6.07 Å². The number of ether oxygens (including phenoxy) is 2. The van der Waals surface area contributed by atoms with Gasteiger partial charge < -0.3 is 9.47 Å². The molecular formula is C10H10F3NO2. The minimum Gasteiger partial charge on any atom is -0.376 e. The van der Waals surface area contributed by atoms with Gasteiger partial charge in [0.15, 0.2) is 0 Å². The molecule has 6 heteroatoms. The van der Waals surface area contributed by atoms with Crippen LogP contribution in [0, 0.1) is 0 Å². The SMILES string of the molecule is FC(F)(F)c1ccc(C2COCCO2)cn1. The Morgan fingerprint density at radius 2 is 2.06 bits per heavy atom. The molecule has 0 N–H and O–H groups in total. The fraction of sp³-hybridized carbons (Fsp3) is 0.500. The third-order valence-corrected chi connectivity index (χ3v) is 2.26. The third kappa shape index (κ3) is 2.51. The Bertz CT molecular complexity index is 344. The van der Waals surface area contributed by atoms with E-state index in [4.69, 9.17) is 9.47 Å². The maximum Gasteiger partial charge on any atom is 0.433 e. The number of halogens is 3. The van der Waals surface area contributed by atoms with Gasteiger partial charge in [0, 0.05) is 11.8 Å². The summed E-state index contributed by atoms with van der Waals surface area (Å²) < 4.78 is 47.2. The average molecular weight is 233 g/mol. The lowest BCUT2D eigenvalue weighted by Crippen LogP contribution is -2.22. The minimum absolute atomic E-state index is 0.316. The fourth-order valence-corrected chi connectivity index (χ4v) is 1.44. The Morgan fingerprint density at radius 1 is 1.25 bits per heavy atom. The molecule has 0 saturated carbocycles. The van der Waals surface area contributed by atoms with Crippen LogP contribution in [0.4, 0.5) is 13.2 Å². The molecule has 0 aliphatic carbocycles. The average Bonchev–Trinajstić information content (AvgIpc) is 2.29. The summed E-state index contributed by atoms with van der Waals surface area (Å²) in [5.41, 5.74) is -0.291. The van der Waals surface area contributed by atoms with Crippen LogP contribution in [-0.2, 0) is 15.7 Å². The molecule has 1 aliphatic heterocycles. The van der Waals surface area contributed by atoms with Crippen LogP contribution in [0.25, 0.3) is 0 Å². The topological polar surface area (TPSA) is 31.4 Å². The summed E-state index contributed by atoms with van der Waals surface area (Å²) in [5.74, 6) is 0. The van der Waals surface area contributed by atoms with Gasteiger partial charge in [-0.3, -0.25) is 4.98 Å². The summed E-state index contributed by atoms with van der Waals surface area (Å²) in [6, 6.07) is 2.32. The van der Waals surface area contributed by atoms with Gasteiger partial charge in [0.05, 0.1) is 19.8 Å². The van der Waals surface area contributed by atoms with Gasteiger partial charge in [-0.15, -0.1) is 0 Å². The van der Waals surface area contributed by atoms with Crippen molar-refractivity contribution >= 4 is 0 Å². The minimum atomic E-state index is -4.40. The lowest BCUT2D eigenvalue weighted by molar-refractivity contribution is -0.141. The highest BCUT2D eigenvalue weighted by molar-refractivity contribution is 5.18. The largest absolute Gasteiger partial charge is 0.433 e. The molecule has 1 unspecified atom stereocenters. The Balaban J connectivity index is 2.12. The molecule has 2 rings (SSSR count). The van der Waals surface area contributed by atoms with Crippen LogP contribution < -0.4 is 0 Å². The first-order valence-electron chi connectivity index (χ1n) is 4.80. The molecule has 2 heterocycles. The van der Waals surface area contributed by atoms with E-state index in [0.29, 0.717) is 25.4 Å². The Morgan fingerprint density at radius 3 is 2.56 bits per heavy atom. The van der Waals surface area contributed by atoms with Crippen molar-refractivity contribution in [3.8, 4) is 0 Å². The fourth-order valence-electron chi connectivity index (χ4n) is 1.44. The van der Waals surface area contributed by atoms with E-state index in [9.17, 15) is 13.2 Å². The maximum absolute atomic E-state index is 12.2. The first-order chi connectivity index (χ1) is 7.57. The molecule has 1 aromatic heterocycles. The monoisotopic (exact) mass is 233 g/mol. The van der Waals surface area contributed by atoms with Crippen molar-refractivity contribution in [3.63, 3.8) is 0 Å². The van der Waals surface area contributed by atoms with Crippen molar-refractivity contribution in [3.05, 3.63) is 29.6 Å². The second kappa shape index (κ2) is 4.39. The number of nitrogens with zero attached hydrogens (tertiary/aromatic N) is 1. The summed E-state index contributed by atoms with van der Waals surface area (Å²) in [7, 11) is 0. The van der Waals surface area contributed by atoms with E-state index in [1.807, 2.05) is 0 Å². The van der Waals surface area contributed by atoms with Crippen LogP contribution in [-0.4, -0.2) is 24.8 Å². The molecule has 88 valence electrons. The second-order valence-electron chi connectivity index (χ2n) is 3.41. The maximum atomic E-state index is 12.2. The van der Waals surface area contributed by atoms with Gasteiger partial charge in [-0.25, -0.2) is 0 Å². The smallest absolute Gasteiger partial charge is 0.376 e. The van der Waals surface area contributed by atoms with E-state index in [0.717, 1.165) is 6.07 Å². The zero-order valence-electron chi connectivity index (χ0n) is 8.33. The van der Waals surface area contributed by atoms with E-state index >= 15 is 0 Å². The molecular weight excluding hydrogens is 223 g/mol. The van der Waals surface area contributed by atoms with Gasteiger partial charge in [-0.05, 0) is 6.07 Å². The van der Waals surface area contributed by atoms with Crippen molar-refractivity contribution in [2.45, 2.75) is 12.3 Å². The van der Waals surface area contributed by atoms with Crippen molar-refractivity contribution in [1.29, 1.82) is 0 Å². The van der Waals surface area contributed by atoms with E-state index in [-0.39, 0.29) is 6.10 Å². The van der Waals surface area contributed by atoms with Gasteiger partial charge in [-0.2, -0.15) is 13.2 Å². The molecule has 0 bridgehead atoms. The number of alkyl halides is 3. The highest BCUT2D eigenvalue weighted by atomic mass is 19.4. The standard InChI is InChI=1S/C10H10F3NO2/c11-10(12,13)9-2-1-7(5-14-9)8-6-15-3-4-16-8/h1-2,5,8H,3-4,6H2. The summed E-state index contributed by atoms with van der Waals surface area (Å²) in [5, 5.41) is 0. The Labute approximate surface area is 90.2 Å². The predicted octanol–water partition coefficient (Wildman–Crippen LogP) is 2.19. The molecule has 0 radical (unpaired) electrons. The van der Waals surface area contributed by atoms with Crippen LogP contribution in [0.2, 0.25) is 0 Å². The van der Waals surface area contributed by atoms with Crippen LogP contribution in [0.1, 0.15) is 17.4 Å². The normalized spacial score (nSPS) is 22.1. The van der Waals surface area contributed by atoms with Crippen LogP contribution in [0.3, 0.4) is 0 Å². The molecule has 0 spiro atoms. The first-order valence-corrected chi connectivity index (χ1v) is 4.80. The van der Waals surface area contributed by atoms with Crippen molar-refractivity contribution < 1.29 is 22.6 Å². The van der Waals surface area contributed by atoms with E-state index in [1.165, 1.54) is 12.3 Å². The summed E-state index contributed by atoms with van der Waals surface area (Å²) >= 11 is 0. The van der Waals surface area contributed by atoms with Crippen molar-refractivity contribution in [1.82, 2.24) is 4.98 Å². The molecule has 1 saturated heterocycles. The molecule has 1 aliphatic rings. The van der Waals surface area contributed by atoms with Crippen molar-refractivity contribution in [2.24, 2.45) is 0 Å².